The molecule has 0 saturated carbocycles. The summed E-state index contributed by atoms with van der Waals surface area (Å²) in [6.45, 7) is 2.47. The van der Waals surface area contributed by atoms with Gasteiger partial charge in [-0.05, 0) is 37.4 Å². The number of nitrogens with one attached hydrogen (secondary N) is 1. The van der Waals surface area contributed by atoms with Crippen LogP contribution in [0.4, 0.5) is 4.39 Å². The van der Waals surface area contributed by atoms with Crippen LogP contribution >= 0.6 is 12.2 Å². The molecule has 0 bridgehead atoms. The minimum atomic E-state index is -0.310. The van der Waals surface area contributed by atoms with Crippen molar-refractivity contribution in [2.45, 2.75) is 13.5 Å². The minimum Gasteiger partial charge on any atom is -0.488 e. The Hall–Kier alpha value is -2.73. The van der Waals surface area contributed by atoms with E-state index in [1.807, 2.05) is 25.1 Å². The van der Waals surface area contributed by atoms with Crippen molar-refractivity contribution in [2.24, 2.45) is 0 Å². The highest BCUT2D eigenvalue weighted by atomic mass is 32.1. The number of benzene rings is 2. The van der Waals surface area contributed by atoms with Crippen LogP contribution in [-0.4, -0.2) is 22.5 Å². The summed E-state index contributed by atoms with van der Waals surface area (Å²) in [4.78, 5) is 13.8. The smallest absolute Gasteiger partial charge is 0.276 e. The average Bonchev–Trinajstić information content (AvgIpc) is 2.88. The van der Waals surface area contributed by atoms with Gasteiger partial charge in [0, 0.05) is 17.7 Å². The van der Waals surface area contributed by atoms with Crippen LogP contribution < -0.4 is 10.1 Å². The van der Waals surface area contributed by atoms with Gasteiger partial charge in [-0.25, -0.2) is 4.39 Å². The molecule has 1 aliphatic heterocycles. The molecule has 2 aromatic carbocycles. The maximum atomic E-state index is 13.7. The summed E-state index contributed by atoms with van der Waals surface area (Å²) < 4.78 is 19.5. The lowest BCUT2D eigenvalue weighted by Gasteiger charge is -2.10. The molecule has 0 unspecified atom stereocenters. The van der Waals surface area contributed by atoms with Gasteiger partial charge in [0.1, 0.15) is 23.9 Å². The van der Waals surface area contributed by atoms with Crippen molar-refractivity contribution in [3.05, 3.63) is 71.2 Å². The van der Waals surface area contributed by atoms with Crippen molar-refractivity contribution in [3.63, 3.8) is 0 Å². The first-order chi connectivity index (χ1) is 12.1. The lowest BCUT2D eigenvalue weighted by molar-refractivity contribution is -0.122. The standard InChI is InChI=1S/C19H17FN2O2S/c1-2-22-18(23)16(21-19(22)25)11-13-7-4-6-10-17(13)24-12-14-8-3-5-9-15(14)20/h3-11H,2,12H2,1H3,(H,21,25)/b16-11+. The zero-order valence-electron chi connectivity index (χ0n) is 13.7. The first-order valence-electron chi connectivity index (χ1n) is 7.90. The van der Waals surface area contributed by atoms with Crippen molar-refractivity contribution in [3.8, 4) is 5.75 Å². The molecular weight excluding hydrogens is 339 g/mol. The summed E-state index contributed by atoms with van der Waals surface area (Å²) in [5, 5.41) is 3.31. The van der Waals surface area contributed by atoms with Crippen molar-refractivity contribution >= 4 is 29.3 Å². The third kappa shape index (κ3) is 3.69. The number of halogens is 1. The highest BCUT2D eigenvalue weighted by Gasteiger charge is 2.29. The van der Waals surface area contributed by atoms with Crippen molar-refractivity contribution < 1.29 is 13.9 Å². The molecule has 4 nitrogen and oxygen atoms in total. The van der Waals surface area contributed by atoms with E-state index in [9.17, 15) is 9.18 Å². The number of ether oxygens (including phenoxy) is 1. The average molecular weight is 356 g/mol. The van der Waals surface area contributed by atoms with E-state index < -0.39 is 0 Å². The Kier molecular flexibility index (Phi) is 5.09. The van der Waals surface area contributed by atoms with Crippen LogP contribution in [0.2, 0.25) is 0 Å². The molecule has 3 rings (SSSR count). The molecule has 1 fully saturated rings. The fourth-order valence-electron chi connectivity index (χ4n) is 2.52. The van der Waals surface area contributed by atoms with Crippen LogP contribution in [0.25, 0.3) is 6.08 Å². The van der Waals surface area contributed by atoms with Crippen LogP contribution in [0, 0.1) is 5.82 Å². The van der Waals surface area contributed by atoms with Gasteiger partial charge in [-0.2, -0.15) is 0 Å². The Balaban J connectivity index is 1.82. The Morgan fingerprint density at radius 2 is 1.92 bits per heavy atom. The first kappa shape index (κ1) is 17.1. The molecule has 2 aromatic rings. The lowest BCUT2D eigenvalue weighted by atomic mass is 10.1. The zero-order chi connectivity index (χ0) is 17.8. The Morgan fingerprint density at radius 1 is 1.20 bits per heavy atom. The number of hydrogen-bond acceptors (Lipinski definition) is 3. The number of rotatable bonds is 5. The molecule has 0 aromatic heterocycles. The summed E-state index contributed by atoms with van der Waals surface area (Å²) in [6, 6.07) is 13.8. The van der Waals surface area contributed by atoms with E-state index in [2.05, 4.69) is 5.32 Å². The van der Waals surface area contributed by atoms with E-state index in [4.69, 9.17) is 17.0 Å². The molecule has 1 N–H and O–H groups in total. The zero-order valence-corrected chi connectivity index (χ0v) is 14.5. The predicted octanol–water partition coefficient (Wildman–Crippen LogP) is 3.48. The Labute approximate surface area is 150 Å². The van der Waals surface area contributed by atoms with Gasteiger partial charge in [-0.15, -0.1) is 0 Å². The first-order valence-corrected chi connectivity index (χ1v) is 8.30. The molecule has 0 atom stereocenters. The van der Waals surface area contributed by atoms with Gasteiger partial charge in [0.05, 0.1) is 0 Å². The summed E-state index contributed by atoms with van der Waals surface area (Å²) in [5.41, 5.74) is 1.59. The number of thiocarbonyl (C=S) groups is 1. The molecule has 1 amide bonds. The monoisotopic (exact) mass is 356 g/mol. The third-order valence-corrected chi connectivity index (χ3v) is 4.16. The molecule has 1 aliphatic rings. The van der Waals surface area contributed by atoms with E-state index in [1.54, 1.807) is 30.3 Å². The normalized spacial score (nSPS) is 15.6. The van der Waals surface area contributed by atoms with Crippen LogP contribution in [0.5, 0.6) is 5.75 Å². The number of hydrogen-bond donors (Lipinski definition) is 1. The number of amides is 1. The highest BCUT2D eigenvalue weighted by Crippen LogP contribution is 2.24. The van der Waals surface area contributed by atoms with Crippen LogP contribution in [0.1, 0.15) is 18.1 Å². The second-order valence-electron chi connectivity index (χ2n) is 5.46. The van der Waals surface area contributed by atoms with Crippen LogP contribution in [0.3, 0.4) is 0 Å². The second kappa shape index (κ2) is 7.44. The van der Waals surface area contributed by atoms with E-state index in [0.717, 1.165) is 5.56 Å². The van der Waals surface area contributed by atoms with Gasteiger partial charge in [-0.1, -0.05) is 36.4 Å². The summed E-state index contributed by atoms with van der Waals surface area (Å²) in [5.74, 6) is 0.0834. The number of carbonyl (C=O) groups is 1. The predicted molar refractivity (Wildman–Crippen MR) is 98.3 cm³/mol. The molecule has 25 heavy (non-hydrogen) atoms. The van der Waals surface area contributed by atoms with Crippen molar-refractivity contribution in [1.82, 2.24) is 10.2 Å². The molecule has 1 saturated heterocycles. The van der Waals surface area contributed by atoms with Gasteiger partial charge in [0.15, 0.2) is 5.11 Å². The Bertz CT molecular complexity index is 851. The van der Waals surface area contributed by atoms with Gasteiger partial charge in [0.25, 0.3) is 5.91 Å². The number of nitrogens with zero attached hydrogens (tertiary/aromatic N) is 1. The number of likely N-dealkylation sites (N-methyl/N-ethyl adjacent to an activating group) is 1. The van der Waals surface area contributed by atoms with Gasteiger partial charge >= 0.3 is 0 Å². The topological polar surface area (TPSA) is 41.6 Å². The fourth-order valence-corrected chi connectivity index (χ4v) is 2.84. The minimum absolute atomic E-state index is 0.105. The summed E-state index contributed by atoms with van der Waals surface area (Å²) in [6.07, 6.45) is 1.70. The molecular formula is C19H17FN2O2S. The SMILES string of the molecule is CCN1C(=O)/C(=C\c2ccccc2OCc2ccccc2F)NC1=S. The largest absolute Gasteiger partial charge is 0.488 e. The number of para-hydroxylation sites is 1. The van der Waals surface area contributed by atoms with E-state index in [1.165, 1.54) is 11.0 Å². The third-order valence-electron chi connectivity index (χ3n) is 3.84. The van der Waals surface area contributed by atoms with E-state index in [0.29, 0.717) is 28.7 Å². The fraction of sp³-hybridized carbons (Fsp3) is 0.158. The summed E-state index contributed by atoms with van der Waals surface area (Å²) in [7, 11) is 0. The van der Waals surface area contributed by atoms with Crippen molar-refractivity contribution in [1.29, 1.82) is 0 Å². The molecule has 0 spiro atoms. The highest BCUT2D eigenvalue weighted by molar-refractivity contribution is 7.80. The molecule has 6 heteroatoms. The van der Waals surface area contributed by atoms with Crippen LogP contribution in [0.15, 0.2) is 54.2 Å². The quantitative estimate of drug-likeness (QED) is 0.658. The molecule has 1 heterocycles. The van der Waals surface area contributed by atoms with Crippen molar-refractivity contribution in [2.75, 3.05) is 6.54 Å². The molecule has 128 valence electrons. The van der Waals surface area contributed by atoms with Crippen LogP contribution in [-0.2, 0) is 11.4 Å². The maximum absolute atomic E-state index is 13.7. The maximum Gasteiger partial charge on any atom is 0.276 e. The van der Waals surface area contributed by atoms with Gasteiger partial charge < -0.3 is 10.1 Å². The second-order valence-corrected chi connectivity index (χ2v) is 5.84. The Morgan fingerprint density at radius 3 is 2.64 bits per heavy atom. The number of carbonyl (C=O) groups excluding carboxylic acids is 1. The molecule has 0 radical (unpaired) electrons. The lowest BCUT2D eigenvalue weighted by Crippen LogP contribution is -2.30. The van der Waals surface area contributed by atoms with E-state index in [-0.39, 0.29) is 18.3 Å². The molecule has 0 aliphatic carbocycles. The summed E-state index contributed by atoms with van der Waals surface area (Å²) >= 11 is 5.15. The van der Waals surface area contributed by atoms with E-state index >= 15 is 0 Å². The van der Waals surface area contributed by atoms with Gasteiger partial charge in [0.2, 0.25) is 0 Å². The van der Waals surface area contributed by atoms with Gasteiger partial charge in [-0.3, -0.25) is 9.69 Å².